The summed E-state index contributed by atoms with van der Waals surface area (Å²) in [6, 6.07) is 0. The largest absolute Gasteiger partial charge is 0.391 e. The minimum absolute atomic E-state index is 0.168. The molecule has 1 atom stereocenters. The van der Waals surface area contributed by atoms with Crippen molar-refractivity contribution >= 4 is 28.4 Å². The average Bonchev–Trinajstić information content (AvgIpc) is 2.21. The van der Waals surface area contributed by atoms with E-state index < -0.39 is 6.10 Å². The van der Waals surface area contributed by atoms with Crippen LogP contribution in [0.5, 0.6) is 0 Å². The van der Waals surface area contributed by atoms with Crippen molar-refractivity contribution in [2.24, 2.45) is 0 Å². The molecule has 1 heterocycles. The van der Waals surface area contributed by atoms with E-state index in [1.807, 2.05) is 29.5 Å². The Morgan fingerprint density at radius 3 is 3.13 bits per heavy atom. The van der Waals surface area contributed by atoms with E-state index in [-0.39, 0.29) is 5.56 Å². The molecule has 5 nitrogen and oxygen atoms in total. The van der Waals surface area contributed by atoms with Crippen LogP contribution < -0.4 is 10.9 Å². The van der Waals surface area contributed by atoms with Crippen LogP contribution in [-0.2, 0) is 0 Å². The minimum atomic E-state index is -0.396. The molecule has 15 heavy (non-hydrogen) atoms. The van der Waals surface area contributed by atoms with Gasteiger partial charge >= 0.3 is 0 Å². The maximum Gasteiger partial charge on any atom is 0.266 e. The van der Waals surface area contributed by atoms with E-state index in [0.717, 1.165) is 12.8 Å². The highest BCUT2D eigenvalue weighted by molar-refractivity contribution is 14.1. The predicted octanol–water partition coefficient (Wildman–Crippen LogP) is 0.947. The molecule has 0 aliphatic carbocycles. The Morgan fingerprint density at radius 1 is 1.73 bits per heavy atom. The number of halogens is 1. The number of nitrogens with zero attached hydrogens (tertiary/aromatic N) is 1. The molecule has 0 amide bonds. The Bertz CT molecular complexity index is 367. The van der Waals surface area contributed by atoms with Crippen LogP contribution in [0.15, 0.2) is 11.1 Å². The van der Waals surface area contributed by atoms with E-state index in [4.69, 9.17) is 0 Å². The molecule has 0 spiro atoms. The van der Waals surface area contributed by atoms with Gasteiger partial charge in [0.15, 0.2) is 0 Å². The molecule has 0 fully saturated rings. The second kappa shape index (κ2) is 6.06. The van der Waals surface area contributed by atoms with Gasteiger partial charge in [-0.1, -0.05) is 13.3 Å². The maximum atomic E-state index is 11.2. The van der Waals surface area contributed by atoms with E-state index >= 15 is 0 Å². The first-order chi connectivity index (χ1) is 7.15. The fourth-order valence-electron chi connectivity index (χ4n) is 1.16. The first kappa shape index (κ1) is 12.4. The third-order valence-electron chi connectivity index (χ3n) is 1.92. The zero-order valence-electron chi connectivity index (χ0n) is 8.46. The summed E-state index contributed by atoms with van der Waals surface area (Å²) in [7, 11) is 0. The Kier molecular flexibility index (Phi) is 5.03. The molecule has 3 N–H and O–H groups in total. The SMILES string of the molecule is CCCC(O)CNc1nc[nH]c(=O)c1I. The number of nitrogens with one attached hydrogen (secondary N) is 2. The number of aliphatic hydroxyl groups is 1. The summed E-state index contributed by atoms with van der Waals surface area (Å²) in [5, 5.41) is 12.4. The Balaban J connectivity index is 2.58. The Hall–Kier alpha value is -0.630. The van der Waals surface area contributed by atoms with E-state index in [2.05, 4.69) is 15.3 Å². The number of rotatable bonds is 5. The van der Waals surface area contributed by atoms with Crippen LogP contribution >= 0.6 is 22.6 Å². The van der Waals surface area contributed by atoms with Crippen molar-refractivity contribution in [2.75, 3.05) is 11.9 Å². The zero-order valence-corrected chi connectivity index (χ0v) is 10.6. The van der Waals surface area contributed by atoms with Crippen molar-refractivity contribution in [1.29, 1.82) is 0 Å². The van der Waals surface area contributed by atoms with Gasteiger partial charge in [-0.15, -0.1) is 0 Å². The summed E-state index contributed by atoms with van der Waals surface area (Å²) in [6.07, 6.45) is 2.63. The predicted molar refractivity (Wildman–Crippen MR) is 67.0 cm³/mol. The lowest BCUT2D eigenvalue weighted by molar-refractivity contribution is 0.176. The Labute approximate surface area is 101 Å². The molecule has 1 aromatic rings. The van der Waals surface area contributed by atoms with Crippen LogP contribution in [0.1, 0.15) is 19.8 Å². The van der Waals surface area contributed by atoms with Crippen molar-refractivity contribution in [3.05, 3.63) is 20.3 Å². The van der Waals surface area contributed by atoms with Gasteiger partial charge in [0.05, 0.1) is 12.4 Å². The highest BCUT2D eigenvalue weighted by Gasteiger charge is 2.07. The fourth-order valence-corrected chi connectivity index (χ4v) is 1.64. The summed E-state index contributed by atoms with van der Waals surface area (Å²) in [5.74, 6) is 0.523. The summed E-state index contributed by atoms with van der Waals surface area (Å²) >= 11 is 1.92. The monoisotopic (exact) mass is 323 g/mol. The highest BCUT2D eigenvalue weighted by atomic mass is 127. The molecule has 0 saturated carbocycles. The van der Waals surface area contributed by atoms with E-state index in [1.165, 1.54) is 6.33 Å². The van der Waals surface area contributed by atoms with Gasteiger partial charge in [-0.2, -0.15) is 0 Å². The van der Waals surface area contributed by atoms with Crippen LogP contribution in [0, 0.1) is 3.57 Å². The van der Waals surface area contributed by atoms with Gasteiger partial charge < -0.3 is 15.4 Å². The second-order valence-corrected chi connectivity index (χ2v) is 4.30. The standard InChI is InChI=1S/C9H14IN3O2/c1-2-3-6(14)4-11-8-7(10)9(15)13-5-12-8/h5-6,14H,2-4H2,1H3,(H2,11,12,13,15). The van der Waals surface area contributed by atoms with E-state index in [9.17, 15) is 9.90 Å². The van der Waals surface area contributed by atoms with Gasteiger partial charge in [0, 0.05) is 6.54 Å². The van der Waals surface area contributed by atoms with E-state index in [0.29, 0.717) is 15.9 Å². The quantitative estimate of drug-likeness (QED) is 0.705. The number of hydrogen-bond acceptors (Lipinski definition) is 4. The van der Waals surface area contributed by atoms with Gasteiger partial charge in [-0.05, 0) is 29.0 Å². The number of aromatic amines is 1. The van der Waals surface area contributed by atoms with Crippen molar-refractivity contribution in [2.45, 2.75) is 25.9 Å². The van der Waals surface area contributed by atoms with Crippen molar-refractivity contribution < 1.29 is 5.11 Å². The lowest BCUT2D eigenvalue weighted by Crippen LogP contribution is -2.22. The molecule has 1 rings (SSSR count). The first-order valence-corrected chi connectivity index (χ1v) is 5.88. The van der Waals surface area contributed by atoms with Gasteiger partial charge in [0.2, 0.25) is 0 Å². The number of hydrogen-bond donors (Lipinski definition) is 3. The molecule has 1 unspecified atom stereocenters. The molecule has 84 valence electrons. The first-order valence-electron chi connectivity index (χ1n) is 4.80. The minimum Gasteiger partial charge on any atom is -0.391 e. The lowest BCUT2D eigenvalue weighted by atomic mass is 10.2. The third-order valence-corrected chi connectivity index (χ3v) is 2.92. The number of aromatic nitrogens is 2. The molecule has 1 aromatic heterocycles. The maximum absolute atomic E-state index is 11.2. The van der Waals surface area contributed by atoms with Crippen molar-refractivity contribution in [3.63, 3.8) is 0 Å². The van der Waals surface area contributed by atoms with Gasteiger partial charge in [0.1, 0.15) is 9.39 Å². The Morgan fingerprint density at radius 2 is 2.47 bits per heavy atom. The summed E-state index contributed by atoms with van der Waals surface area (Å²) in [4.78, 5) is 17.7. The second-order valence-electron chi connectivity index (χ2n) is 3.22. The van der Waals surface area contributed by atoms with Crippen LogP contribution in [-0.4, -0.2) is 27.7 Å². The topological polar surface area (TPSA) is 78.0 Å². The summed E-state index contributed by atoms with van der Waals surface area (Å²) in [5.41, 5.74) is -0.168. The average molecular weight is 323 g/mol. The number of aliphatic hydroxyl groups excluding tert-OH is 1. The summed E-state index contributed by atoms with van der Waals surface area (Å²) in [6.45, 7) is 2.43. The van der Waals surface area contributed by atoms with E-state index in [1.54, 1.807) is 0 Å². The normalized spacial score (nSPS) is 12.5. The van der Waals surface area contributed by atoms with Crippen LogP contribution in [0.2, 0.25) is 0 Å². The molecule has 0 radical (unpaired) electrons. The van der Waals surface area contributed by atoms with Crippen LogP contribution in [0.4, 0.5) is 5.82 Å². The molecule has 6 heteroatoms. The zero-order chi connectivity index (χ0) is 11.3. The van der Waals surface area contributed by atoms with Crippen molar-refractivity contribution in [1.82, 2.24) is 9.97 Å². The van der Waals surface area contributed by atoms with Gasteiger partial charge in [-0.25, -0.2) is 4.98 Å². The molecule has 0 saturated heterocycles. The molecule has 0 aliphatic rings. The lowest BCUT2D eigenvalue weighted by Gasteiger charge is -2.11. The summed E-state index contributed by atoms with van der Waals surface area (Å²) < 4.78 is 0.513. The smallest absolute Gasteiger partial charge is 0.266 e. The van der Waals surface area contributed by atoms with Gasteiger partial charge in [0.25, 0.3) is 5.56 Å². The van der Waals surface area contributed by atoms with Gasteiger partial charge in [-0.3, -0.25) is 4.79 Å². The molecular weight excluding hydrogens is 309 g/mol. The molecular formula is C9H14IN3O2. The highest BCUT2D eigenvalue weighted by Crippen LogP contribution is 2.09. The number of anilines is 1. The molecule has 0 bridgehead atoms. The molecule has 0 aliphatic heterocycles. The number of H-pyrrole nitrogens is 1. The molecule has 0 aromatic carbocycles. The fraction of sp³-hybridized carbons (Fsp3) is 0.556. The third kappa shape index (κ3) is 3.78. The van der Waals surface area contributed by atoms with Crippen LogP contribution in [0.3, 0.4) is 0 Å². The van der Waals surface area contributed by atoms with Crippen molar-refractivity contribution in [3.8, 4) is 0 Å². The van der Waals surface area contributed by atoms with Crippen LogP contribution in [0.25, 0.3) is 0 Å².